The van der Waals surface area contributed by atoms with Crippen molar-refractivity contribution in [3.63, 3.8) is 0 Å². The highest BCUT2D eigenvalue weighted by atomic mass is 16.5. The number of rotatable bonds is 7. The number of methoxy groups -OCH3 is 1. The molecule has 0 heterocycles. The number of carbonyl (C=O) groups is 3. The van der Waals surface area contributed by atoms with Crippen molar-refractivity contribution in [2.75, 3.05) is 14.2 Å². The van der Waals surface area contributed by atoms with E-state index in [-0.39, 0.29) is 6.42 Å². The molecule has 0 spiro atoms. The molecule has 2 rings (SSSR count). The van der Waals surface area contributed by atoms with E-state index in [0.29, 0.717) is 17.7 Å². The minimum absolute atomic E-state index is 0.0664. The Hall–Kier alpha value is -3.35. The smallest absolute Gasteiger partial charge is 0.321 e. The summed E-state index contributed by atoms with van der Waals surface area (Å²) in [6, 6.07) is 15.2. The van der Waals surface area contributed by atoms with Gasteiger partial charge in [0.15, 0.2) is 0 Å². The number of ether oxygens (including phenoxy) is 2. The molecule has 3 amide bonds. The maximum absolute atomic E-state index is 12.4. The molecular formula is C20H22N2O5. The highest BCUT2D eigenvalue weighted by Gasteiger charge is 2.26. The summed E-state index contributed by atoms with van der Waals surface area (Å²) in [7, 11) is 2.95. The van der Waals surface area contributed by atoms with Gasteiger partial charge in [0.05, 0.1) is 7.11 Å². The van der Waals surface area contributed by atoms with Crippen molar-refractivity contribution in [2.45, 2.75) is 18.9 Å². The maximum atomic E-state index is 12.4. The molecular weight excluding hydrogens is 348 g/mol. The van der Waals surface area contributed by atoms with Crippen LogP contribution in [0.5, 0.6) is 5.75 Å². The molecule has 0 aliphatic carbocycles. The third-order valence-electron chi connectivity index (χ3n) is 3.84. The number of para-hydroxylation sites is 1. The molecule has 142 valence electrons. The Bertz CT molecular complexity index is 792. The largest absolute Gasteiger partial charge is 0.496 e. The van der Waals surface area contributed by atoms with Crippen molar-refractivity contribution in [1.29, 1.82) is 0 Å². The van der Waals surface area contributed by atoms with Gasteiger partial charge in [-0.25, -0.2) is 4.79 Å². The van der Waals surface area contributed by atoms with Gasteiger partial charge in [-0.05, 0) is 18.1 Å². The van der Waals surface area contributed by atoms with Gasteiger partial charge in [0.2, 0.25) is 6.10 Å². The second kappa shape index (κ2) is 9.96. The summed E-state index contributed by atoms with van der Waals surface area (Å²) in [5.74, 6) is -0.588. The molecule has 0 aliphatic heterocycles. The Morgan fingerprint density at radius 1 is 1.00 bits per heavy atom. The summed E-state index contributed by atoms with van der Waals surface area (Å²) in [6.07, 6.45) is -0.744. The lowest BCUT2D eigenvalue weighted by Crippen LogP contribution is -2.41. The molecule has 0 fully saturated rings. The van der Waals surface area contributed by atoms with E-state index in [1.165, 1.54) is 7.05 Å². The number of amides is 3. The summed E-state index contributed by atoms with van der Waals surface area (Å²) in [4.78, 5) is 36.1. The highest BCUT2D eigenvalue weighted by molar-refractivity contribution is 5.97. The maximum Gasteiger partial charge on any atom is 0.321 e. The van der Waals surface area contributed by atoms with Gasteiger partial charge in [0.1, 0.15) is 5.75 Å². The molecule has 7 heteroatoms. The van der Waals surface area contributed by atoms with Crippen LogP contribution in [-0.4, -0.2) is 32.1 Å². The van der Waals surface area contributed by atoms with Gasteiger partial charge in [-0.15, -0.1) is 0 Å². The third kappa shape index (κ3) is 5.85. The number of hydrogen-bond acceptors (Lipinski definition) is 5. The first-order valence-corrected chi connectivity index (χ1v) is 8.44. The Balaban J connectivity index is 2.06. The van der Waals surface area contributed by atoms with E-state index in [1.54, 1.807) is 37.4 Å². The van der Waals surface area contributed by atoms with Crippen LogP contribution in [0.1, 0.15) is 23.7 Å². The molecule has 2 N–H and O–H groups in total. The standard InChI is InChI=1S/C20H22N2O5/c1-21-20(25)22-19(24)18(15-9-4-3-5-10-15)27-17(23)13-12-14-8-6-7-11-16(14)26-2/h3-11,18H,12-13H2,1-2H3,(H2,21,22,24,25)/t18-/m1/s1. The van der Waals surface area contributed by atoms with Gasteiger partial charge >= 0.3 is 12.0 Å². The number of aryl methyl sites for hydroxylation is 1. The van der Waals surface area contributed by atoms with Gasteiger partial charge in [-0.2, -0.15) is 0 Å². The van der Waals surface area contributed by atoms with Gasteiger partial charge in [-0.3, -0.25) is 14.9 Å². The SMILES string of the molecule is CNC(=O)NC(=O)[C@H](OC(=O)CCc1ccccc1OC)c1ccccc1. The number of esters is 1. The van der Waals surface area contributed by atoms with E-state index in [9.17, 15) is 14.4 Å². The van der Waals surface area contributed by atoms with E-state index in [4.69, 9.17) is 9.47 Å². The van der Waals surface area contributed by atoms with Crippen LogP contribution >= 0.6 is 0 Å². The first-order valence-electron chi connectivity index (χ1n) is 8.44. The molecule has 2 aromatic carbocycles. The number of benzene rings is 2. The van der Waals surface area contributed by atoms with E-state index in [0.717, 1.165) is 5.56 Å². The monoisotopic (exact) mass is 370 g/mol. The molecule has 0 radical (unpaired) electrons. The highest BCUT2D eigenvalue weighted by Crippen LogP contribution is 2.21. The zero-order valence-electron chi connectivity index (χ0n) is 15.2. The fraction of sp³-hybridized carbons (Fsp3) is 0.250. The fourth-order valence-electron chi connectivity index (χ4n) is 2.48. The van der Waals surface area contributed by atoms with E-state index >= 15 is 0 Å². The lowest BCUT2D eigenvalue weighted by atomic mass is 10.1. The van der Waals surface area contributed by atoms with Crippen molar-refractivity contribution in [3.8, 4) is 5.75 Å². The normalized spacial score (nSPS) is 11.2. The van der Waals surface area contributed by atoms with Crippen LogP contribution in [0.3, 0.4) is 0 Å². The predicted octanol–water partition coefficient (Wildman–Crippen LogP) is 2.37. The fourth-order valence-corrected chi connectivity index (χ4v) is 2.48. The first-order chi connectivity index (χ1) is 13.0. The van der Waals surface area contributed by atoms with Crippen molar-refractivity contribution in [1.82, 2.24) is 10.6 Å². The van der Waals surface area contributed by atoms with Gasteiger partial charge < -0.3 is 14.8 Å². The van der Waals surface area contributed by atoms with Crippen LogP contribution in [0.2, 0.25) is 0 Å². The Labute approximate surface area is 157 Å². The molecule has 1 atom stereocenters. The topological polar surface area (TPSA) is 93.7 Å². The van der Waals surface area contributed by atoms with E-state index in [2.05, 4.69) is 10.6 Å². The average molecular weight is 370 g/mol. The molecule has 27 heavy (non-hydrogen) atoms. The summed E-state index contributed by atoms with van der Waals surface area (Å²) >= 11 is 0. The zero-order valence-corrected chi connectivity index (χ0v) is 15.2. The number of urea groups is 1. The van der Waals surface area contributed by atoms with Crippen LogP contribution < -0.4 is 15.4 Å². The molecule has 0 aromatic heterocycles. The molecule has 0 unspecified atom stereocenters. The minimum atomic E-state index is -1.21. The quantitative estimate of drug-likeness (QED) is 0.730. The Kier molecular flexibility index (Phi) is 7.37. The molecule has 2 aromatic rings. The van der Waals surface area contributed by atoms with Crippen LogP contribution in [0.25, 0.3) is 0 Å². The van der Waals surface area contributed by atoms with E-state index in [1.807, 2.05) is 24.3 Å². The lowest BCUT2D eigenvalue weighted by molar-refractivity contribution is -0.156. The first kappa shape index (κ1) is 20.0. The summed E-state index contributed by atoms with van der Waals surface area (Å²) in [6.45, 7) is 0. The number of imide groups is 1. The number of hydrogen-bond donors (Lipinski definition) is 2. The zero-order chi connectivity index (χ0) is 19.6. The van der Waals surface area contributed by atoms with Crippen molar-refractivity contribution < 1.29 is 23.9 Å². The molecule has 0 aliphatic rings. The lowest BCUT2D eigenvalue weighted by Gasteiger charge is -2.17. The second-order valence-corrected chi connectivity index (χ2v) is 5.66. The van der Waals surface area contributed by atoms with Crippen LogP contribution in [0.15, 0.2) is 54.6 Å². The van der Waals surface area contributed by atoms with E-state index < -0.39 is 24.0 Å². The molecule has 0 saturated carbocycles. The predicted molar refractivity (Wildman–Crippen MR) is 99.2 cm³/mol. The summed E-state index contributed by atoms with van der Waals surface area (Å²) < 4.78 is 10.6. The Morgan fingerprint density at radius 2 is 1.67 bits per heavy atom. The number of nitrogens with one attached hydrogen (secondary N) is 2. The average Bonchev–Trinajstić information content (AvgIpc) is 2.71. The summed E-state index contributed by atoms with van der Waals surface area (Å²) in [5, 5.41) is 4.43. The van der Waals surface area contributed by atoms with Crippen molar-refractivity contribution >= 4 is 17.9 Å². The van der Waals surface area contributed by atoms with Crippen molar-refractivity contribution in [2.24, 2.45) is 0 Å². The van der Waals surface area contributed by atoms with Crippen LogP contribution in [0, 0.1) is 0 Å². The Morgan fingerprint density at radius 3 is 2.33 bits per heavy atom. The van der Waals surface area contributed by atoms with Gasteiger partial charge in [-0.1, -0.05) is 48.5 Å². The molecule has 7 nitrogen and oxygen atoms in total. The number of carbonyl (C=O) groups excluding carboxylic acids is 3. The molecule has 0 saturated heterocycles. The van der Waals surface area contributed by atoms with Gasteiger partial charge in [0, 0.05) is 19.0 Å². The summed E-state index contributed by atoms with van der Waals surface area (Å²) in [5.41, 5.74) is 1.34. The van der Waals surface area contributed by atoms with Crippen molar-refractivity contribution in [3.05, 3.63) is 65.7 Å². The van der Waals surface area contributed by atoms with Crippen LogP contribution in [-0.2, 0) is 20.7 Å². The second-order valence-electron chi connectivity index (χ2n) is 5.66. The van der Waals surface area contributed by atoms with Gasteiger partial charge in [0.25, 0.3) is 5.91 Å². The minimum Gasteiger partial charge on any atom is -0.496 e. The third-order valence-corrected chi connectivity index (χ3v) is 3.84. The molecule has 0 bridgehead atoms. The van der Waals surface area contributed by atoms with Crippen LogP contribution in [0.4, 0.5) is 4.79 Å².